The second-order valence-electron chi connectivity index (χ2n) is 8.03. The maximum atomic E-state index is 13.3. The summed E-state index contributed by atoms with van der Waals surface area (Å²) in [5.74, 6) is 0.0528. The third-order valence-electron chi connectivity index (χ3n) is 6.02. The van der Waals surface area contributed by atoms with Gasteiger partial charge in [-0.1, -0.05) is 30.3 Å². The Morgan fingerprint density at radius 1 is 1.10 bits per heavy atom. The number of hydrogen-bond acceptors (Lipinski definition) is 4. The minimum atomic E-state index is -4.39. The quantitative estimate of drug-likeness (QED) is 0.594. The molecule has 0 saturated carbocycles. The van der Waals surface area contributed by atoms with Crippen molar-refractivity contribution in [2.24, 2.45) is 5.92 Å². The number of anilines is 1. The Bertz CT molecular complexity index is 844. The number of aliphatic hydroxyl groups excluding tert-OH is 1. The van der Waals surface area contributed by atoms with E-state index < -0.39 is 17.8 Å². The first-order chi connectivity index (χ1) is 14.5. The van der Waals surface area contributed by atoms with Crippen LogP contribution in [-0.2, 0) is 10.9 Å². The number of hydrogen-bond donors (Lipinski definition) is 3. The van der Waals surface area contributed by atoms with Crippen LogP contribution in [0.4, 0.5) is 18.9 Å². The van der Waals surface area contributed by atoms with E-state index in [4.69, 9.17) is 9.84 Å². The zero-order valence-corrected chi connectivity index (χ0v) is 16.7. The molecule has 3 N–H and O–H groups in total. The van der Waals surface area contributed by atoms with E-state index in [9.17, 15) is 13.2 Å². The molecule has 4 atom stereocenters. The van der Waals surface area contributed by atoms with Crippen molar-refractivity contribution in [3.8, 4) is 0 Å². The Morgan fingerprint density at radius 2 is 1.90 bits per heavy atom. The van der Waals surface area contributed by atoms with Crippen molar-refractivity contribution >= 4 is 5.69 Å². The van der Waals surface area contributed by atoms with Crippen LogP contribution in [0.1, 0.15) is 48.1 Å². The molecular weight excluding hydrogens is 393 g/mol. The van der Waals surface area contributed by atoms with Crippen molar-refractivity contribution in [3.63, 3.8) is 0 Å². The molecule has 4 rings (SSSR count). The van der Waals surface area contributed by atoms with E-state index in [1.165, 1.54) is 12.1 Å². The molecule has 2 aliphatic rings. The van der Waals surface area contributed by atoms with E-state index in [0.29, 0.717) is 30.8 Å². The van der Waals surface area contributed by atoms with Crippen LogP contribution in [0.5, 0.6) is 0 Å². The zero-order chi connectivity index (χ0) is 21.1. The predicted molar refractivity (Wildman–Crippen MR) is 109 cm³/mol. The number of alkyl halides is 3. The highest BCUT2D eigenvalue weighted by Crippen LogP contribution is 2.51. The number of aliphatic hydroxyl groups is 1. The third-order valence-corrected chi connectivity index (χ3v) is 6.02. The zero-order valence-electron chi connectivity index (χ0n) is 16.7. The summed E-state index contributed by atoms with van der Waals surface area (Å²) in [5, 5.41) is 15.7. The normalized spacial score (nSPS) is 25.9. The Balaban J connectivity index is 1.63. The number of nitrogens with one attached hydrogen (secondary N) is 2. The van der Waals surface area contributed by atoms with Crippen LogP contribution < -0.4 is 10.6 Å². The fourth-order valence-electron chi connectivity index (χ4n) is 4.54. The van der Waals surface area contributed by atoms with Crippen LogP contribution in [0.15, 0.2) is 48.5 Å². The molecule has 0 spiro atoms. The van der Waals surface area contributed by atoms with Crippen LogP contribution >= 0.6 is 0 Å². The summed E-state index contributed by atoms with van der Waals surface area (Å²) in [6, 6.07) is 13.9. The standard InChI is InChI=1S/C23H27F3N2O2/c24-23(25,26)16-7-10-20-19(13-16)22-18(21(28-20)15-5-2-1-3-6-15)9-8-17(30-22)14-27-11-4-12-29/h1-3,5-7,10,13,17-18,21-22,27-29H,4,8-9,11-12,14H2/t17-,18+,21+,22+/m1/s1. The average molecular weight is 420 g/mol. The Kier molecular flexibility index (Phi) is 6.32. The van der Waals surface area contributed by atoms with Gasteiger partial charge in [0.25, 0.3) is 0 Å². The van der Waals surface area contributed by atoms with E-state index in [1.54, 1.807) is 0 Å². The van der Waals surface area contributed by atoms with Gasteiger partial charge in [-0.3, -0.25) is 0 Å². The third kappa shape index (κ3) is 4.48. The lowest BCUT2D eigenvalue weighted by Crippen LogP contribution is -2.42. The highest BCUT2D eigenvalue weighted by Gasteiger charge is 2.43. The maximum Gasteiger partial charge on any atom is 0.416 e. The Morgan fingerprint density at radius 3 is 2.63 bits per heavy atom. The van der Waals surface area contributed by atoms with E-state index in [2.05, 4.69) is 10.6 Å². The number of halogens is 3. The molecule has 0 unspecified atom stereocenters. The van der Waals surface area contributed by atoms with Gasteiger partial charge < -0.3 is 20.5 Å². The number of benzene rings is 2. The highest BCUT2D eigenvalue weighted by molar-refractivity contribution is 5.58. The lowest BCUT2D eigenvalue weighted by Gasteiger charge is -2.46. The fraction of sp³-hybridized carbons (Fsp3) is 0.478. The van der Waals surface area contributed by atoms with E-state index >= 15 is 0 Å². The smallest absolute Gasteiger partial charge is 0.396 e. The molecule has 0 radical (unpaired) electrons. The molecule has 0 aromatic heterocycles. The summed E-state index contributed by atoms with van der Waals surface area (Å²) in [7, 11) is 0. The molecule has 4 nitrogen and oxygen atoms in total. The summed E-state index contributed by atoms with van der Waals surface area (Å²) >= 11 is 0. The van der Waals surface area contributed by atoms with Crippen LogP contribution in [0.2, 0.25) is 0 Å². The number of ether oxygens (including phenoxy) is 1. The molecule has 7 heteroatoms. The summed E-state index contributed by atoms with van der Waals surface area (Å²) < 4.78 is 46.4. The first kappa shape index (κ1) is 21.2. The van der Waals surface area contributed by atoms with Gasteiger partial charge in [-0.15, -0.1) is 0 Å². The number of rotatable bonds is 6. The molecule has 0 bridgehead atoms. The SMILES string of the molecule is OCCCNC[C@H]1CC[C@@H]2[C@H](O1)c1cc(C(F)(F)F)ccc1N[C@H]2c1ccccc1. The topological polar surface area (TPSA) is 53.5 Å². The molecule has 2 heterocycles. The van der Waals surface area contributed by atoms with Gasteiger partial charge in [0, 0.05) is 30.3 Å². The van der Waals surface area contributed by atoms with Crippen LogP contribution in [0, 0.1) is 5.92 Å². The van der Waals surface area contributed by atoms with Gasteiger partial charge in [-0.25, -0.2) is 0 Å². The first-order valence-corrected chi connectivity index (χ1v) is 10.5. The van der Waals surface area contributed by atoms with Crippen molar-refractivity contribution in [1.82, 2.24) is 5.32 Å². The van der Waals surface area contributed by atoms with Crippen molar-refractivity contribution in [2.45, 2.75) is 43.7 Å². The van der Waals surface area contributed by atoms with E-state index in [1.807, 2.05) is 30.3 Å². The molecular formula is C23H27F3N2O2. The van der Waals surface area contributed by atoms with Crippen LogP contribution in [0.25, 0.3) is 0 Å². The van der Waals surface area contributed by atoms with Crippen molar-refractivity contribution < 1.29 is 23.0 Å². The van der Waals surface area contributed by atoms with E-state index in [0.717, 1.165) is 24.5 Å². The van der Waals surface area contributed by atoms with Crippen molar-refractivity contribution in [1.29, 1.82) is 0 Å². The fourth-order valence-corrected chi connectivity index (χ4v) is 4.54. The summed E-state index contributed by atoms with van der Waals surface area (Å²) in [5.41, 5.74) is 1.75. The van der Waals surface area contributed by atoms with Gasteiger partial charge in [0.1, 0.15) is 0 Å². The van der Waals surface area contributed by atoms with Gasteiger partial charge in [-0.2, -0.15) is 13.2 Å². The molecule has 2 aromatic carbocycles. The second kappa shape index (κ2) is 8.96. The molecule has 30 heavy (non-hydrogen) atoms. The lowest BCUT2D eigenvalue weighted by molar-refractivity contribution is -0.138. The highest BCUT2D eigenvalue weighted by atomic mass is 19.4. The van der Waals surface area contributed by atoms with Gasteiger partial charge in [0.15, 0.2) is 0 Å². The molecule has 162 valence electrons. The molecule has 0 amide bonds. The van der Waals surface area contributed by atoms with Crippen molar-refractivity contribution in [2.75, 3.05) is 25.0 Å². The van der Waals surface area contributed by atoms with Crippen LogP contribution in [0.3, 0.4) is 0 Å². The van der Waals surface area contributed by atoms with Crippen molar-refractivity contribution in [3.05, 3.63) is 65.2 Å². The monoisotopic (exact) mass is 420 g/mol. The largest absolute Gasteiger partial charge is 0.416 e. The summed E-state index contributed by atoms with van der Waals surface area (Å²) in [6.07, 6.45) is -2.49. The summed E-state index contributed by atoms with van der Waals surface area (Å²) in [4.78, 5) is 0. The van der Waals surface area contributed by atoms with Gasteiger partial charge >= 0.3 is 6.18 Å². The Labute approximate surface area is 174 Å². The minimum absolute atomic E-state index is 0.0104. The second-order valence-corrected chi connectivity index (χ2v) is 8.03. The molecule has 1 saturated heterocycles. The molecule has 1 fully saturated rings. The molecule has 2 aromatic rings. The van der Waals surface area contributed by atoms with Gasteiger partial charge in [0.2, 0.25) is 0 Å². The van der Waals surface area contributed by atoms with Gasteiger partial charge in [-0.05, 0) is 49.6 Å². The summed E-state index contributed by atoms with van der Waals surface area (Å²) in [6.45, 7) is 1.44. The number of fused-ring (bicyclic) bond motifs is 3. The van der Waals surface area contributed by atoms with E-state index in [-0.39, 0.29) is 24.7 Å². The lowest BCUT2D eigenvalue weighted by atomic mass is 9.76. The van der Waals surface area contributed by atoms with Crippen LogP contribution in [-0.4, -0.2) is 30.9 Å². The maximum absolute atomic E-state index is 13.3. The van der Waals surface area contributed by atoms with Gasteiger partial charge in [0.05, 0.1) is 23.8 Å². The first-order valence-electron chi connectivity index (χ1n) is 10.5. The minimum Gasteiger partial charge on any atom is -0.396 e. The molecule has 0 aliphatic carbocycles. The molecule has 2 aliphatic heterocycles. The average Bonchev–Trinajstić information content (AvgIpc) is 2.75. The Hall–Kier alpha value is -2.09. The predicted octanol–water partition coefficient (Wildman–Crippen LogP) is 4.68.